The second-order valence-corrected chi connectivity index (χ2v) is 5.35. The first-order valence-electron chi connectivity index (χ1n) is 6.98. The van der Waals surface area contributed by atoms with Crippen LogP contribution in [0.3, 0.4) is 0 Å². The average Bonchev–Trinajstić information content (AvgIpc) is 3.29. The topological polar surface area (TPSA) is 53.0 Å². The SMILES string of the molecule is N#Cc1c(F)cccc1N(Cc1cccc(N)c1)C1CC1. The third-order valence-corrected chi connectivity index (χ3v) is 3.70. The number of hydrogen-bond donors (Lipinski definition) is 1. The van der Waals surface area contributed by atoms with Crippen molar-refractivity contribution in [3.8, 4) is 6.07 Å². The number of hydrogen-bond acceptors (Lipinski definition) is 3. The van der Waals surface area contributed by atoms with Gasteiger partial charge in [-0.1, -0.05) is 18.2 Å². The van der Waals surface area contributed by atoms with E-state index in [4.69, 9.17) is 5.73 Å². The van der Waals surface area contributed by atoms with E-state index in [1.807, 2.05) is 36.4 Å². The molecule has 2 aromatic rings. The highest BCUT2D eigenvalue weighted by Crippen LogP contribution is 2.35. The van der Waals surface area contributed by atoms with Crippen molar-refractivity contribution in [3.63, 3.8) is 0 Å². The molecule has 21 heavy (non-hydrogen) atoms. The van der Waals surface area contributed by atoms with Crippen LogP contribution in [-0.2, 0) is 6.54 Å². The number of anilines is 2. The van der Waals surface area contributed by atoms with Crippen LogP contribution in [0.5, 0.6) is 0 Å². The van der Waals surface area contributed by atoms with E-state index in [1.165, 1.54) is 6.07 Å². The Morgan fingerprint density at radius 2 is 2.00 bits per heavy atom. The van der Waals surface area contributed by atoms with Crippen LogP contribution in [0.4, 0.5) is 15.8 Å². The third-order valence-electron chi connectivity index (χ3n) is 3.70. The number of halogens is 1. The Bertz CT molecular complexity index is 701. The number of nitrogens with zero attached hydrogens (tertiary/aromatic N) is 2. The van der Waals surface area contributed by atoms with Gasteiger partial charge < -0.3 is 10.6 Å². The van der Waals surface area contributed by atoms with Crippen molar-refractivity contribution in [1.82, 2.24) is 0 Å². The van der Waals surface area contributed by atoms with Crippen molar-refractivity contribution in [2.45, 2.75) is 25.4 Å². The van der Waals surface area contributed by atoms with Crippen molar-refractivity contribution in [3.05, 3.63) is 59.4 Å². The zero-order valence-corrected chi connectivity index (χ0v) is 11.6. The first-order chi connectivity index (χ1) is 10.2. The van der Waals surface area contributed by atoms with Crippen LogP contribution in [0.25, 0.3) is 0 Å². The summed E-state index contributed by atoms with van der Waals surface area (Å²) in [4.78, 5) is 2.11. The Morgan fingerprint density at radius 3 is 2.67 bits per heavy atom. The van der Waals surface area contributed by atoms with Crippen LogP contribution in [0.15, 0.2) is 42.5 Å². The first kappa shape index (κ1) is 13.4. The molecule has 0 atom stereocenters. The molecular weight excluding hydrogens is 265 g/mol. The lowest BCUT2D eigenvalue weighted by Gasteiger charge is -2.26. The summed E-state index contributed by atoms with van der Waals surface area (Å²) < 4.78 is 13.8. The maximum absolute atomic E-state index is 13.8. The molecule has 0 spiro atoms. The smallest absolute Gasteiger partial charge is 0.143 e. The number of rotatable bonds is 4. The predicted molar refractivity (Wildman–Crippen MR) is 81.2 cm³/mol. The molecular formula is C17H16FN3. The summed E-state index contributed by atoms with van der Waals surface area (Å²) in [6.45, 7) is 0.633. The van der Waals surface area contributed by atoms with E-state index in [0.29, 0.717) is 24.0 Å². The van der Waals surface area contributed by atoms with Crippen molar-refractivity contribution in [2.75, 3.05) is 10.6 Å². The Balaban J connectivity index is 1.96. The summed E-state index contributed by atoms with van der Waals surface area (Å²) in [7, 11) is 0. The number of nitrogens with two attached hydrogens (primary N) is 1. The van der Waals surface area contributed by atoms with Crippen LogP contribution >= 0.6 is 0 Å². The van der Waals surface area contributed by atoms with E-state index < -0.39 is 5.82 Å². The summed E-state index contributed by atoms with van der Waals surface area (Å²) in [6, 6.07) is 14.8. The van der Waals surface area contributed by atoms with Crippen molar-refractivity contribution in [2.24, 2.45) is 0 Å². The number of nitrogen functional groups attached to an aromatic ring is 1. The maximum Gasteiger partial charge on any atom is 0.143 e. The van der Waals surface area contributed by atoms with Crippen LogP contribution in [-0.4, -0.2) is 6.04 Å². The van der Waals surface area contributed by atoms with Crippen LogP contribution in [0.1, 0.15) is 24.0 Å². The van der Waals surface area contributed by atoms with E-state index in [0.717, 1.165) is 18.4 Å². The van der Waals surface area contributed by atoms with Gasteiger partial charge in [0.1, 0.15) is 17.4 Å². The van der Waals surface area contributed by atoms with Crippen LogP contribution in [0, 0.1) is 17.1 Å². The second-order valence-electron chi connectivity index (χ2n) is 5.35. The first-order valence-corrected chi connectivity index (χ1v) is 6.98. The molecule has 2 N–H and O–H groups in total. The number of nitriles is 1. The van der Waals surface area contributed by atoms with E-state index in [-0.39, 0.29) is 5.56 Å². The minimum absolute atomic E-state index is 0.119. The maximum atomic E-state index is 13.8. The second kappa shape index (κ2) is 5.45. The van der Waals surface area contributed by atoms with Gasteiger partial charge in [0.25, 0.3) is 0 Å². The fraction of sp³-hybridized carbons (Fsp3) is 0.235. The monoisotopic (exact) mass is 281 g/mol. The molecule has 1 aliphatic carbocycles. The molecule has 0 aromatic heterocycles. The van der Waals surface area contributed by atoms with Gasteiger partial charge in [-0.05, 0) is 42.7 Å². The molecule has 1 saturated carbocycles. The fourth-order valence-electron chi connectivity index (χ4n) is 2.55. The third kappa shape index (κ3) is 2.82. The highest BCUT2D eigenvalue weighted by atomic mass is 19.1. The summed E-state index contributed by atoms with van der Waals surface area (Å²) >= 11 is 0. The van der Waals surface area contributed by atoms with Crippen LogP contribution in [0.2, 0.25) is 0 Å². The van der Waals surface area contributed by atoms with Gasteiger partial charge in [-0.2, -0.15) is 5.26 Å². The molecule has 3 rings (SSSR count). The quantitative estimate of drug-likeness (QED) is 0.873. The molecule has 2 aromatic carbocycles. The largest absolute Gasteiger partial charge is 0.399 e. The summed E-state index contributed by atoms with van der Waals surface area (Å²) in [5.41, 5.74) is 8.38. The zero-order valence-electron chi connectivity index (χ0n) is 11.6. The zero-order chi connectivity index (χ0) is 14.8. The molecule has 1 aliphatic rings. The lowest BCUT2D eigenvalue weighted by molar-refractivity contribution is 0.622. The molecule has 106 valence electrons. The fourth-order valence-corrected chi connectivity index (χ4v) is 2.55. The normalized spacial score (nSPS) is 13.7. The van der Waals surface area contributed by atoms with Gasteiger partial charge in [-0.25, -0.2) is 4.39 Å². The van der Waals surface area contributed by atoms with Crippen molar-refractivity contribution < 1.29 is 4.39 Å². The van der Waals surface area contributed by atoms with Crippen molar-refractivity contribution in [1.29, 1.82) is 5.26 Å². The van der Waals surface area contributed by atoms with Gasteiger partial charge in [0.05, 0.1) is 5.69 Å². The van der Waals surface area contributed by atoms with Crippen molar-refractivity contribution >= 4 is 11.4 Å². The lowest BCUT2D eigenvalue weighted by Crippen LogP contribution is -2.26. The molecule has 3 nitrogen and oxygen atoms in total. The molecule has 4 heteroatoms. The highest BCUT2D eigenvalue weighted by molar-refractivity contribution is 5.61. The molecule has 0 heterocycles. The average molecular weight is 281 g/mol. The number of benzene rings is 2. The minimum Gasteiger partial charge on any atom is -0.399 e. The minimum atomic E-state index is -0.465. The van der Waals surface area contributed by atoms with E-state index in [1.54, 1.807) is 6.07 Å². The van der Waals surface area contributed by atoms with Gasteiger partial charge in [0, 0.05) is 18.3 Å². The van der Waals surface area contributed by atoms with E-state index in [2.05, 4.69) is 4.90 Å². The molecule has 0 bridgehead atoms. The Hall–Kier alpha value is -2.54. The van der Waals surface area contributed by atoms with Gasteiger partial charge in [0.2, 0.25) is 0 Å². The Morgan fingerprint density at radius 1 is 1.24 bits per heavy atom. The van der Waals surface area contributed by atoms with E-state index >= 15 is 0 Å². The molecule has 0 radical (unpaired) electrons. The molecule has 1 fully saturated rings. The molecule has 0 aliphatic heterocycles. The Kier molecular flexibility index (Phi) is 3.49. The van der Waals surface area contributed by atoms with Crippen LogP contribution < -0.4 is 10.6 Å². The molecule has 0 unspecified atom stereocenters. The molecule has 0 saturated heterocycles. The lowest BCUT2D eigenvalue weighted by atomic mass is 10.1. The van der Waals surface area contributed by atoms with Gasteiger partial charge in [-0.3, -0.25) is 0 Å². The summed E-state index contributed by atoms with van der Waals surface area (Å²) in [6.07, 6.45) is 2.15. The highest BCUT2D eigenvalue weighted by Gasteiger charge is 2.31. The van der Waals surface area contributed by atoms with Gasteiger partial charge >= 0.3 is 0 Å². The summed E-state index contributed by atoms with van der Waals surface area (Å²) in [5.74, 6) is -0.465. The van der Waals surface area contributed by atoms with Gasteiger partial charge in [0.15, 0.2) is 0 Å². The summed E-state index contributed by atoms with van der Waals surface area (Å²) in [5, 5.41) is 9.22. The predicted octanol–water partition coefficient (Wildman–Crippen LogP) is 3.45. The Labute approximate surface area is 123 Å². The standard InChI is InChI=1S/C17H16FN3/c18-16-5-2-6-17(15(16)10-19)21(14-7-8-14)11-12-3-1-4-13(20)9-12/h1-6,9,14H,7-8,11,20H2. The molecule has 0 amide bonds. The van der Waals surface area contributed by atoms with E-state index in [9.17, 15) is 9.65 Å². The van der Waals surface area contributed by atoms with Gasteiger partial charge in [-0.15, -0.1) is 0 Å².